The number of ether oxygens (including phenoxy) is 1. The molecule has 0 aliphatic carbocycles. The average Bonchev–Trinajstić information content (AvgIpc) is 2.57. The van der Waals surface area contributed by atoms with Gasteiger partial charge in [0.1, 0.15) is 0 Å². The van der Waals surface area contributed by atoms with Crippen molar-refractivity contribution in [2.24, 2.45) is 0 Å². The maximum Gasteiger partial charge on any atom is 0.0535 e. The van der Waals surface area contributed by atoms with Crippen LogP contribution in [0.3, 0.4) is 0 Å². The summed E-state index contributed by atoms with van der Waals surface area (Å²) in [6, 6.07) is 0. The van der Waals surface area contributed by atoms with Crippen molar-refractivity contribution in [2.75, 3.05) is 13.2 Å². The number of nitrogens with zero attached hydrogens (tertiary/aromatic N) is 1. The van der Waals surface area contributed by atoms with E-state index in [0.29, 0.717) is 6.10 Å². The highest BCUT2D eigenvalue weighted by Gasteiger charge is 1.98. The Morgan fingerprint density at radius 2 is 2.33 bits per heavy atom. The molecule has 0 atom stereocenters. The third-order valence-corrected chi connectivity index (χ3v) is 2.20. The molecule has 2 N–H and O–H groups in total. The van der Waals surface area contributed by atoms with Crippen LogP contribution in [0.4, 0.5) is 0 Å². The second-order valence-corrected chi connectivity index (χ2v) is 3.97. The van der Waals surface area contributed by atoms with Gasteiger partial charge < -0.3 is 10.1 Å². The van der Waals surface area contributed by atoms with Gasteiger partial charge in [-0.3, -0.25) is 5.10 Å². The van der Waals surface area contributed by atoms with Crippen LogP contribution in [0.25, 0.3) is 0 Å². The minimum atomic E-state index is 0.334. The molecule has 1 rings (SSSR count). The highest BCUT2D eigenvalue weighted by Crippen LogP contribution is 2.01. The van der Waals surface area contributed by atoms with E-state index in [4.69, 9.17) is 4.74 Å². The average molecular weight is 211 g/mol. The fourth-order valence-electron chi connectivity index (χ4n) is 1.29. The summed E-state index contributed by atoms with van der Waals surface area (Å²) >= 11 is 0. The number of H-pyrrole nitrogens is 1. The molecular formula is C11H21N3O. The van der Waals surface area contributed by atoms with Gasteiger partial charge in [-0.1, -0.05) is 0 Å². The first-order valence-corrected chi connectivity index (χ1v) is 5.51. The second-order valence-electron chi connectivity index (χ2n) is 3.97. The zero-order valence-corrected chi connectivity index (χ0v) is 9.84. The van der Waals surface area contributed by atoms with Gasteiger partial charge in [0.25, 0.3) is 0 Å². The number of aromatic nitrogens is 2. The van der Waals surface area contributed by atoms with Gasteiger partial charge in [0.15, 0.2) is 0 Å². The molecule has 4 nitrogen and oxygen atoms in total. The number of nitrogens with one attached hydrogen (secondary N) is 2. The lowest BCUT2D eigenvalue weighted by Gasteiger charge is -2.07. The summed E-state index contributed by atoms with van der Waals surface area (Å²) in [7, 11) is 0. The second kappa shape index (κ2) is 6.58. The SMILES string of the molecule is Cc1[nH]ncc1CNCCCOC(C)C. The minimum Gasteiger partial charge on any atom is -0.379 e. The summed E-state index contributed by atoms with van der Waals surface area (Å²) in [6.07, 6.45) is 3.25. The lowest BCUT2D eigenvalue weighted by atomic mass is 10.2. The fraction of sp³-hybridized carbons (Fsp3) is 0.727. The van der Waals surface area contributed by atoms with Crippen molar-refractivity contribution < 1.29 is 4.74 Å². The van der Waals surface area contributed by atoms with E-state index in [2.05, 4.69) is 29.4 Å². The van der Waals surface area contributed by atoms with Crippen LogP contribution in [0, 0.1) is 6.92 Å². The van der Waals surface area contributed by atoms with E-state index in [-0.39, 0.29) is 0 Å². The van der Waals surface area contributed by atoms with E-state index in [1.807, 2.05) is 13.1 Å². The molecule has 0 unspecified atom stereocenters. The Labute approximate surface area is 91.4 Å². The molecule has 0 amide bonds. The first kappa shape index (κ1) is 12.2. The van der Waals surface area contributed by atoms with E-state index in [0.717, 1.165) is 31.8 Å². The van der Waals surface area contributed by atoms with Crippen molar-refractivity contribution in [3.63, 3.8) is 0 Å². The predicted octanol–water partition coefficient (Wildman–Crippen LogP) is 1.62. The third kappa shape index (κ3) is 4.95. The molecular weight excluding hydrogens is 190 g/mol. The van der Waals surface area contributed by atoms with Gasteiger partial charge in [-0.15, -0.1) is 0 Å². The maximum absolute atomic E-state index is 5.44. The number of hydrogen-bond acceptors (Lipinski definition) is 3. The molecule has 0 aliphatic rings. The molecule has 0 aliphatic heterocycles. The van der Waals surface area contributed by atoms with Gasteiger partial charge in [0.05, 0.1) is 12.3 Å². The minimum absolute atomic E-state index is 0.334. The maximum atomic E-state index is 5.44. The standard InChI is InChI=1S/C11H21N3O/c1-9(2)15-6-4-5-12-7-11-8-13-14-10(11)3/h8-9,12H,4-7H2,1-3H3,(H,13,14). The van der Waals surface area contributed by atoms with Crippen LogP contribution >= 0.6 is 0 Å². The Bertz CT molecular complexity index is 271. The van der Waals surface area contributed by atoms with Crippen molar-refractivity contribution in [1.29, 1.82) is 0 Å². The Balaban J connectivity index is 2.00. The molecule has 15 heavy (non-hydrogen) atoms. The van der Waals surface area contributed by atoms with Gasteiger partial charge >= 0.3 is 0 Å². The summed E-state index contributed by atoms with van der Waals surface area (Å²) in [6.45, 7) is 8.84. The highest BCUT2D eigenvalue weighted by atomic mass is 16.5. The van der Waals surface area contributed by atoms with Crippen molar-refractivity contribution >= 4 is 0 Å². The van der Waals surface area contributed by atoms with Gasteiger partial charge in [-0.2, -0.15) is 5.10 Å². The predicted molar refractivity (Wildman–Crippen MR) is 60.7 cm³/mol. The van der Waals surface area contributed by atoms with Crippen molar-refractivity contribution in [3.8, 4) is 0 Å². The Hall–Kier alpha value is -0.870. The van der Waals surface area contributed by atoms with E-state index in [1.54, 1.807) is 0 Å². The van der Waals surface area contributed by atoms with Gasteiger partial charge in [0, 0.05) is 24.4 Å². The van der Waals surface area contributed by atoms with Crippen LogP contribution < -0.4 is 5.32 Å². The molecule has 0 saturated heterocycles. The molecule has 4 heteroatoms. The Morgan fingerprint density at radius 1 is 1.53 bits per heavy atom. The van der Waals surface area contributed by atoms with Crippen LogP contribution in [0.15, 0.2) is 6.20 Å². The quantitative estimate of drug-likeness (QED) is 0.674. The van der Waals surface area contributed by atoms with E-state index >= 15 is 0 Å². The molecule has 0 spiro atoms. The van der Waals surface area contributed by atoms with Gasteiger partial charge in [-0.25, -0.2) is 0 Å². The smallest absolute Gasteiger partial charge is 0.0535 e. The van der Waals surface area contributed by atoms with E-state index in [1.165, 1.54) is 5.56 Å². The van der Waals surface area contributed by atoms with Crippen LogP contribution in [-0.2, 0) is 11.3 Å². The molecule has 0 bridgehead atoms. The summed E-state index contributed by atoms with van der Waals surface area (Å²) in [5.74, 6) is 0. The zero-order chi connectivity index (χ0) is 11.1. The first-order valence-electron chi connectivity index (χ1n) is 5.51. The van der Waals surface area contributed by atoms with Crippen LogP contribution in [0.2, 0.25) is 0 Å². The normalized spacial score (nSPS) is 11.2. The number of rotatable bonds is 7. The van der Waals surface area contributed by atoms with Crippen molar-refractivity contribution in [3.05, 3.63) is 17.5 Å². The molecule has 86 valence electrons. The summed E-state index contributed by atoms with van der Waals surface area (Å²) in [5, 5.41) is 10.3. The van der Waals surface area contributed by atoms with E-state index < -0.39 is 0 Å². The number of aromatic amines is 1. The Morgan fingerprint density at radius 3 is 2.93 bits per heavy atom. The Kier molecular flexibility index (Phi) is 5.36. The van der Waals surface area contributed by atoms with Gasteiger partial charge in [-0.05, 0) is 33.7 Å². The molecule has 0 fully saturated rings. The van der Waals surface area contributed by atoms with Crippen molar-refractivity contribution in [2.45, 2.75) is 39.8 Å². The number of hydrogen-bond donors (Lipinski definition) is 2. The monoisotopic (exact) mass is 211 g/mol. The molecule has 1 heterocycles. The highest BCUT2D eigenvalue weighted by molar-refractivity contribution is 5.13. The number of aryl methyl sites for hydroxylation is 1. The first-order chi connectivity index (χ1) is 7.20. The summed E-state index contributed by atoms with van der Waals surface area (Å²) in [4.78, 5) is 0. The summed E-state index contributed by atoms with van der Waals surface area (Å²) in [5.41, 5.74) is 2.38. The lowest BCUT2D eigenvalue weighted by Crippen LogP contribution is -2.17. The van der Waals surface area contributed by atoms with Crippen LogP contribution in [0.1, 0.15) is 31.5 Å². The fourth-order valence-corrected chi connectivity index (χ4v) is 1.29. The topological polar surface area (TPSA) is 49.9 Å². The largest absolute Gasteiger partial charge is 0.379 e. The molecule has 1 aromatic rings. The van der Waals surface area contributed by atoms with Crippen molar-refractivity contribution in [1.82, 2.24) is 15.5 Å². The molecule has 0 aromatic carbocycles. The lowest BCUT2D eigenvalue weighted by molar-refractivity contribution is 0.0770. The van der Waals surface area contributed by atoms with E-state index in [9.17, 15) is 0 Å². The van der Waals surface area contributed by atoms with Crippen LogP contribution in [-0.4, -0.2) is 29.5 Å². The molecule has 0 radical (unpaired) electrons. The molecule has 0 saturated carbocycles. The van der Waals surface area contributed by atoms with Gasteiger partial charge in [0.2, 0.25) is 0 Å². The zero-order valence-electron chi connectivity index (χ0n) is 9.84. The summed E-state index contributed by atoms with van der Waals surface area (Å²) < 4.78 is 5.44. The third-order valence-electron chi connectivity index (χ3n) is 2.20. The van der Waals surface area contributed by atoms with Crippen LogP contribution in [0.5, 0.6) is 0 Å². The molecule has 1 aromatic heterocycles.